The van der Waals surface area contributed by atoms with E-state index in [2.05, 4.69) is 43.4 Å². The van der Waals surface area contributed by atoms with E-state index in [1.807, 2.05) is 0 Å². The summed E-state index contributed by atoms with van der Waals surface area (Å²) >= 11 is 0. The van der Waals surface area contributed by atoms with Gasteiger partial charge in [0.05, 0.1) is 0 Å². The Balaban J connectivity index is 2.57. The highest BCUT2D eigenvalue weighted by Gasteiger charge is 2.11. The van der Waals surface area contributed by atoms with Gasteiger partial charge in [0.15, 0.2) is 0 Å². The van der Waals surface area contributed by atoms with Gasteiger partial charge >= 0.3 is 0 Å². The molecule has 4 heteroatoms. The van der Waals surface area contributed by atoms with E-state index in [0.29, 0.717) is 13.0 Å². The number of rotatable bonds is 10. The van der Waals surface area contributed by atoms with Crippen molar-refractivity contribution >= 4 is 0 Å². The fourth-order valence-electron chi connectivity index (χ4n) is 2.11. The molecule has 0 saturated carbocycles. The van der Waals surface area contributed by atoms with Crippen molar-refractivity contribution in [3.05, 3.63) is 35.4 Å². The van der Waals surface area contributed by atoms with Gasteiger partial charge in [-0.25, -0.2) is 8.78 Å². The predicted octanol–water partition coefficient (Wildman–Crippen LogP) is 3.96. The van der Waals surface area contributed by atoms with E-state index >= 15 is 0 Å². The molecule has 0 bridgehead atoms. The van der Waals surface area contributed by atoms with Crippen LogP contribution in [-0.2, 0) is 11.2 Å². The Morgan fingerprint density at radius 1 is 1.25 bits per heavy atom. The molecule has 0 heterocycles. The fraction of sp³-hybridized carbons (Fsp3) is 0.625. The zero-order chi connectivity index (χ0) is 14.8. The minimum atomic E-state index is -2.39. The van der Waals surface area contributed by atoms with Crippen molar-refractivity contribution in [3.63, 3.8) is 0 Å². The summed E-state index contributed by atoms with van der Waals surface area (Å²) in [7, 11) is 0. The van der Waals surface area contributed by atoms with E-state index < -0.39 is 13.0 Å². The molecule has 1 aromatic carbocycles. The maximum absolute atomic E-state index is 12.0. The molecule has 1 unspecified atom stereocenters. The summed E-state index contributed by atoms with van der Waals surface area (Å²) in [6, 6.07) is 8.59. The topological polar surface area (TPSA) is 21.3 Å². The smallest absolute Gasteiger partial charge is 0.261 e. The molecule has 2 nitrogen and oxygen atoms in total. The van der Waals surface area contributed by atoms with Gasteiger partial charge in [-0.05, 0) is 36.9 Å². The number of halogens is 2. The number of hydrogen-bond acceptors (Lipinski definition) is 2. The van der Waals surface area contributed by atoms with Gasteiger partial charge in [-0.1, -0.05) is 38.1 Å². The van der Waals surface area contributed by atoms with E-state index in [9.17, 15) is 8.78 Å². The maximum Gasteiger partial charge on any atom is 0.261 e. The normalized spacial score (nSPS) is 12.8. The Morgan fingerprint density at radius 2 is 2.05 bits per heavy atom. The summed E-state index contributed by atoms with van der Waals surface area (Å²) in [5.74, 6) is 0. The lowest BCUT2D eigenvalue weighted by Gasteiger charge is -2.19. The molecule has 0 radical (unpaired) electrons. The lowest BCUT2D eigenvalue weighted by atomic mass is 10.0. The zero-order valence-electron chi connectivity index (χ0n) is 12.4. The van der Waals surface area contributed by atoms with Crippen LogP contribution in [-0.4, -0.2) is 26.2 Å². The van der Waals surface area contributed by atoms with Crippen LogP contribution in [0.2, 0.25) is 0 Å². The number of aryl methyl sites for hydroxylation is 1. The molecular weight excluding hydrogens is 260 g/mol. The minimum Gasteiger partial charge on any atom is -0.375 e. The third-order valence-corrected chi connectivity index (χ3v) is 3.20. The minimum absolute atomic E-state index is 0.166. The molecule has 0 aliphatic rings. The second-order valence-corrected chi connectivity index (χ2v) is 4.86. The third-order valence-electron chi connectivity index (χ3n) is 3.20. The van der Waals surface area contributed by atoms with Crippen molar-refractivity contribution in [1.82, 2.24) is 5.32 Å². The Morgan fingerprint density at radius 3 is 2.70 bits per heavy atom. The average molecular weight is 285 g/mol. The van der Waals surface area contributed by atoms with Crippen LogP contribution in [0, 0.1) is 0 Å². The van der Waals surface area contributed by atoms with E-state index in [1.165, 1.54) is 11.1 Å². The number of benzene rings is 1. The molecule has 1 atom stereocenters. The van der Waals surface area contributed by atoms with Gasteiger partial charge in [-0.3, -0.25) is 0 Å². The van der Waals surface area contributed by atoms with Crippen LogP contribution >= 0.6 is 0 Å². The van der Waals surface area contributed by atoms with Crippen LogP contribution in [0.5, 0.6) is 0 Å². The first kappa shape index (κ1) is 17.1. The molecule has 1 rings (SSSR count). The van der Waals surface area contributed by atoms with Crippen molar-refractivity contribution in [3.8, 4) is 0 Å². The van der Waals surface area contributed by atoms with Crippen molar-refractivity contribution in [2.24, 2.45) is 0 Å². The number of ether oxygens (including phenoxy) is 1. The molecule has 0 fully saturated rings. The fourth-order valence-corrected chi connectivity index (χ4v) is 2.11. The van der Waals surface area contributed by atoms with Crippen LogP contribution < -0.4 is 5.32 Å². The molecule has 0 spiro atoms. The molecule has 1 N–H and O–H groups in total. The van der Waals surface area contributed by atoms with Crippen molar-refractivity contribution < 1.29 is 13.5 Å². The van der Waals surface area contributed by atoms with E-state index in [4.69, 9.17) is 4.74 Å². The molecule has 0 aromatic heterocycles. The zero-order valence-corrected chi connectivity index (χ0v) is 12.4. The van der Waals surface area contributed by atoms with Crippen molar-refractivity contribution in [2.45, 2.75) is 45.6 Å². The highest BCUT2D eigenvalue weighted by molar-refractivity contribution is 5.26. The Labute approximate surface area is 120 Å². The first-order valence-electron chi connectivity index (χ1n) is 7.35. The van der Waals surface area contributed by atoms with Crippen LogP contribution in [0.3, 0.4) is 0 Å². The largest absolute Gasteiger partial charge is 0.375 e. The number of nitrogens with one attached hydrogen (secondary N) is 1. The Kier molecular flexibility index (Phi) is 8.38. The monoisotopic (exact) mass is 285 g/mol. The highest BCUT2D eigenvalue weighted by Crippen LogP contribution is 2.19. The van der Waals surface area contributed by atoms with E-state index in [-0.39, 0.29) is 6.04 Å². The second kappa shape index (κ2) is 9.83. The van der Waals surface area contributed by atoms with Gasteiger partial charge < -0.3 is 10.1 Å². The van der Waals surface area contributed by atoms with Crippen molar-refractivity contribution in [2.75, 3.05) is 19.8 Å². The summed E-state index contributed by atoms with van der Waals surface area (Å²) in [5.41, 5.74) is 2.50. The summed E-state index contributed by atoms with van der Waals surface area (Å²) in [6.45, 7) is 5.02. The molecule has 1 aromatic rings. The molecule has 114 valence electrons. The highest BCUT2D eigenvalue weighted by atomic mass is 19.3. The Bertz CT molecular complexity index is 371. The first-order chi connectivity index (χ1) is 9.67. The molecule has 0 aliphatic carbocycles. The lowest BCUT2D eigenvalue weighted by Crippen LogP contribution is -2.24. The number of hydrogen-bond donors (Lipinski definition) is 1. The van der Waals surface area contributed by atoms with Gasteiger partial charge in [0.25, 0.3) is 6.43 Å². The van der Waals surface area contributed by atoms with E-state index in [1.54, 1.807) is 0 Å². The van der Waals surface area contributed by atoms with Crippen molar-refractivity contribution in [1.29, 1.82) is 0 Å². The van der Waals surface area contributed by atoms with Gasteiger partial charge in [-0.15, -0.1) is 0 Å². The first-order valence-corrected chi connectivity index (χ1v) is 7.35. The van der Waals surface area contributed by atoms with Crippen LogP contribution in [0.1, 0.15) is 43.9 Å². The summed E-state index contributed by atoms with van der Waals surface area (Å²) < 4.78 is 29.1. The summed E-state index contributed by atoms with van der Waals surface area (Å²) in [5, 5.41) is 3.46. The van der Waals surface area contributed by atoms with Gasteiger partial charge in [0, 0.05) is 12.6 Å². The number of alkyl halides is 2. The van der Waals surface area contributed by atoms with Crippen LogP contribution in [0.15, 0.2) is 24.3 Å². The summed E-state index contributed by atoms with van der Waals surface area (Å²) in [4.78, 5) is 0. The van der Waals surface area contributed by atoms with E-state index in [0.717, 1.165) is 19.4 Å². The predicted molar refractivity (Wildman–Crippen MR) is 78.3 cm³/mol. The van der Waals surface area contributed by atoms with Gasteiger partial charge in [0.2, 0.25) is 0 Å². The standard InChI is InChI=1S/C16H25F2NO/c1-3-9-19-15(8-10-20-12-16(17)18)14-7-5-6-13(4-2)11-14/h5-7,11,15-16,19H,3-4,8-10,12H2,1-2H3. The molecule has 0 amide bonds. The molecule has 20 heavy (non-hydrogen) atoms. The third kappa shape index (κ3) is 6.44. The summed E-state index contributed by atoms with van der Waals surface area (Å²) in [6.07, 6.45) is 0.360. The maximum atomic E-state index is 12.0. The van der Waals surface area contributed by atoms with Gasteiger partial charge in [0.1, 0.15) is 6.61 Å². The second-order valence-electron chi connectivity index (χ2n) is 4.86. The van der Waals surface area contributed by atoms with Crippen LogP contribution in [0.4, 0.5) is 8.78 Å². The average Bonchev–Trinajstić information content (AvgIpc) is 2.46. The SMILES string of the molecule is CCCNC(CCOCC(F)F)c1cccc(CC)c1. The lowest BCUT2D eigenvalue weighted by molar-refractivity contribution is 0.0143. The quantitative estimate of drug-likeness (QED) is 0.657. The molecule has 0 saturated heterocycles. The molecular formula is C16H25F2NO. The van der Waals surface area contributed by atoms with Gasteiger partial charge in [-0.2, -0.15) is 0 Å². The Hall–Kier alpha value is -1.00. The molecule has 0 aliphatic heterocycles. The van der Waals surface area contributed by atoms with Crippen LogP contribution in [0.25, 0.3) is 0 Å².